The highest BCUT2D eigenvalue weighted by Crippen LogP contribution is 2.41. The molecule has 2 aromatic heterocycles. The first-order chi connectivity index (χ1) is 16.9. The lowest BCUT2D eigenvalue weighted by Crippen LogP contribution is -2.42. The summed E-state index contributed by atoms with van der Waals surface area (Å²) in [7, 11) is 3.18. The van der Waals surface area contributed by atoms with Crippen molar-refractivity contribution in [2.24, 2.45) is 0 Å². The third-order valence-electron chi connectivity index (χ3n) is 6.68. The summed E-state index contributed by atoms with van der Waals surface area (Å²) in [5, 5.41) is 0.931. The van der Waals surface area contributed by atoms with Gasteiger partial charge in [0.1, 0.15) is 0 Å². The molecular weight excluding hydrogens is 442 g/mol. The average Bonchev–Trinajstić information content (AvgIpc) is 2.87. The monoisotopic (exact) mass is 469 g/mol. The Bertz CT molecular complexity index is 1490. The van der Waals surface area contributed by atoms with Crippen LogP contribution in [-0.4, -0.2) is 41.5 Å². The SMILES string of the molecule is COc1cc2c(cc1OC)[C@H](c1cc3cc(C)cc(C)c3[nH]c1=O)N(C(=O)c1ccncc1)CC2. The van der Waals surface area contributed by atoms with Crippen molar-refractivity contribution in [3.63, 3.8) is 0 Å². The van der Waals surface area contributed by atoms with Gasteiger partial charge in [0.2, 0.25) is 0 Å². The first-order valence-electron chi connectivity index (χ1n) is 11.5. The van der Waals surface area contributed by atoms with Crippen LogP contribution in [0.5, 0.6) is 11.5 Å². The van der Waals surface area contributed by atoms with Gasteiger partial charge in [-0.1, -0.05) is 11.6 Å². The number of pyridine rings is 2. The zero-order valence-corrected chi connectivity index (χ0v) is 20.2. The maximum atomic E-state index is 13.7. The molecular formula is C28H27N3O4. The number of methoxy groups -OCH3 is 2. The van der Waals surface area contributed by atoms with E-state index in [4.69, 9.17) is 9.47 Å². The predicted octanol–water partition coefficient (Wildman–Crippen LogP) is 4.35. The van der Waals surface area contributed by atoms with E-state index in [2.05, 4.69) is 16.0 Å². The number of aromatic amines is 1. The Balaban J connectivity index is 1.76. The number of carbonyl (C=O) groups excluding carboxylic acids is 1. The van der Waals surface area contributed by atoms with E-state index in [9.17, 15) is 9.59 Å². The topological polar surface area (TPSA) is 84.5 Å². The third-order valence-corrected chi connectivity index (χ3v) is 6.68. The number of hydrogen-bond donors (Lipinski definition) is 1. The van der Waals surface area contributed by atoms with E-state index >= 15 is 0 Å². The number of hydrogen-bond acceptors (Lipinski definition) is 5. The maximum absolute atomic E-state index is 13.7. The lowest BCUT2D eigenvalue weighted by Gasteiger charge is -2.38. The van der Waals surface area contributed by atoms with Gasteiger partial charge >= 0.3 is 0 Å². The second-order valence-electron chi connectivity index (χ2n) is 8.89. The molecule has 35 heavy (non-hydrogen) atoms. The van der Waals surface area contributed by atoms with E-state index in [0.29, 0.717) is 35.6 Å². The van der Waals surface area contributed by atoms with Gasteiger partial charge in [-0.15, -0.1) is 0 Å². The van der Waals surface area contributed by atoms with Gasteiger partial charge in [-0.05, 0) is 78.7 Å². The predicted molar refractivity (Wildman–Crippen MR) is 134 cm³/mol. The molecule has 0 saturated heterocycles. The molecule has 7 nitrogen and oxygen atoms in total. The fourth-order valence-electron chi connectivity index (χ4n) is 5.07. The largest absolute Gasteiger partial charge is 0.493 e. The number of H-pyrrole nitrogens is 1. The van der Waals surface area contributed by atoms with Crippen molar-refractivity contribution in [3.8, 4) is 11.5 Å². The molecule has 1 amide bonds. The summed E-state index contributed by atoms with van der Waals surface area (Å²) in [4.78, 5) is 36.1. The standard InChI is InChI=1S/C28H27N3O4/c1-16-11-17(2)25-20(12-16)13-22(27(32)30-25)26-21-15-24(35-4)23(34-3)14-19(21)7-10-31(26)28(33)18-5-8-29-9-6-18/h5-6,8-9,11-15,26H,7,10H2,1-4H3,(H,30,32)/t26-/m1/s1. The summed E-state index contributed by atoms with van der Waals surface area (Å²) < 4.78 is 11.1. The van der Waals surface area contributed by atoms with Crippen molar-refractivity contribution in [1.29, 1.82) is 0 Å². The number of nitrogens with zero attached hydrogens (tertiary/aromatic N) is 2. The normalized spacial score (nSPS) is 15.1. The van der Waals surface area contributed by atoms with Crippen molar-refractivity contribution in [2.45, 2.75) is 26.3 Å². The van der Waals surface area contributed by atoms with E-state index in [1.54, 1.807) is 43.6 Å². The van der Waals surface area contributed by atoms with E-state index in [-0.39, 0.29) is 11.5 Å². The van der Waals surface area contributed by atoms with Crippen LogP contribution in [-0.2, 0) is 6.42 Å². The number of carbonyl (C=O) groups is 1. The number of nitrogens with one attached hydrogen (secondary N) is 1. The van der Waals surface area contributed by atoms with E-state index in [1.807, 2.05) is 38.1 Å². The molecule has 0 saturated carbocycles. The van der Waals surface area contributed by atoms with Gasteiger partial charge in [-0.25, -0.2) is 0 Å². The van der Waals surface area contributed by atoms with E-state index < -0.39 is 6.04 Å². The van der Waals surface area contributed by atoms with Gasteiger partial charge < -0.3 is 19.4 Å². The molecule has 7 heteroatoms. The van der Waals surface area contributed by atoms with Crippen LogP contribution in [0.4, 0.5) is 0 Å². The molecule has 4 aromatic rings. The number of amides is 1. The van der Waals surface area contributed by atoms with Crippen molar-refractivity contribution in [2.75, 3.05) is 20.8 Å². The summed E-state index contributed by atoms with van der Waals surface area (Å²) in [6.07, 6.45) is 3.83. The first-order valence-corrected chi connectivity index (χ1v) is 11.5. The molecule has 0 aliphatic carbocycles. The van der Waals surface area contributed by atoms with Crippen molar-refractivity contribution < 1.29 is 14.3 Å². The van der Waals surface area contributed by atoms with E-state index in [0.717, 1.165) is 33.2 Å². The van der Waals surface area contributed by atoms with Crippen LogP contribution in [0.3, 0.4) is 0 Å². The number of ether oxygens (including phenoxy) is 2. The zero-order chi connectivity index (χ0) is 24.7. The van der Waals surface area contributed by atoms with Gasteiger partial charge in [0, 0.05) is 30.1 Å². The van der Waals surface area contributed by atoms with E-state index in [1.165, 1.54) is 0 Å². The summed E-state index contributed by atoms with van der Waals surface area (Å²) in [6, 6.07) is 12.6. The minimum Gasteiger partial charge on any atom is -0.493 e. The van der Waals surface area contributed by atoms with Crippen LogP contribution < -0.4 is 15.0 Å². The maximum Gasteiger partial charge on any atom is 0.254 e. The number of fused-ring (bicyclic) bond motifs is 2. The highest BCUT2D eigenvalue weighted by atomic mass is 16.5. The van der Waals surface area contributed by atoms with Crippen LogP contribution in [0.1, 0.15) is 44.2 Å². The van der Waals surface area contributed by atoms with Crippen molar-refractivity contribution in [1.82, 2.24) is 14.9 Å². The second kappa shape index (κ2) is 8.91. The fraction of sp³-hybridized carbons (Fsp3) is 0.250. The van der Waals surface area contributed by atoms with Crippen LogP contribution in [0, 0.1) is 13.8 Å². The Hall–Kier alpha value is -4.13. The van der Waals surface area contributed by atoms with Gasteiger partial charge in [-0.2, -0.15) is 0 Å². The summed E-state index contributed by atoms with van der Waals surface area (Å²) in [5.74, 6) is 1.02. The van der Waals surface area contributed by atoms with Crippen LogP contribution >= 0.6 is 0 Å². The summed E-state index contributed by atoms with van der Waals surface area (Å²) >= 11 is 0. The van der Waals surface area contributed by atoms with Gasteiger partial charge in [0.25, 0.3) is 11.5 Å². The van der Waals surface area contributed by atoms with Gasteiger partial charge in [0.05, 0.1) is 25.8 Å². The average molecular weight is 470 g/mol. The Labute approximate surface area is 203 Å². The third kappa shape index (κ3) is 3.93. The molecule has 5 rings (SSSR count). The fourth-order valence-corrected chi connectivity index (χ4v) is 5.07. The highest BCUT2D eigenvalue weighted by Gasteiger charge is 2.35. The second-order valence-corrected chi connectivity index (χ2v) is 8.89. The van der Waals surface area contributed by atoms with Crippen molar-refractivity contribution >= 4 is 16.8 Å². The minimum absolute atomic E-state index is 0.155. The molecule has 0 fully saturated rings. The molecule has 178 valence electrons. The Morgan fingerprint density at radius 2 is 1.71 bits per heavy atom. The Morgan fingerprint density at radius 1 is 1.00 bits per heavy atom. The summed E-state index contributed by atoms with van der Waals surface area (Å²) in [6.45, 7) is 4.47. The molecule has 1 aliphatic heterocycles. The lowest BCUT2D eigenvalue weighted by molar-refractivity contribution is 0.0693. The molecule has 0 bridgehead atoms. The molecule has 3 heterocycles. The molecule has 0 radical (unpaired) electrons. The van der Waals surface area contributed by atoms with Gasteiger partial charge in [0.15, 0.2) is 11.5 Å². The van der Waals surface area contributed by atoms with Gasteiger partial charge in [-0.3, -0.25) is 14.6 Å². The minimum atomic E-state index is -0.590. The molecule has 0 unspecified atom stereocenters. The smallest absolute Gasteiger partial charge is 0.254 e. The number of rotatable bonds is 4. The first kappa shape index (κ1) is 22.7. The number of aromatic nitrogens is 2. The van der Waals surface area contributed by atoms with Crippen LogP contribution in [0.2, 0.25) is 0 Å². The Morgan fingerprint density at radius 3 is 2.43 bits per heavy atom. The lowest BCUT2D eigenvalue weighted by atomic mass is 9.87. The Kier molecular flexibility index (Phi) is 5.76. The molecule has 0 spiro atoms. The van der Waals surface area contributed by atoms with Crippen LogP contribution in [0.15, 0.2) is 59.7 Å². The summed E-state index contributed by atoms with van der Waals surface area (Å²) in [5.41, 5.74) is 5.61. The van der Waals surface area contributed by atoms with Crippen molar-refractivity contribution in [3.05, 3.63) is 98.6 Å². The van der Waals surface area contributed by atoms with Crippen LogP contribution in [0.25, 0.3) is 10.9 Å². The number of aryl methyl sites for hydroxylation is 2. The molecule has 1 atom stereocenters. The number of benzene rings is 2. The zero-order valence-electron chi connectivity index (χ0n) is 20.2. The molecule has 2 aromatic carbocycles. The highest BCUT2D eigenvalue weighted by molar-refractivity contribution is 5.95. The molecule has 1 N–H and O–H groups in total. The quantitative estimate of drug-likeness (QED) is 0.481. The molecule has 1 aliphatic rings.